The molecule has 1 aromatic carbocycles. The van der Waals surface area contributed by atoms with E-state index < -0.39 is 0 Å². The summed E-state index contributed by atoms with van der Waals surface area (Å²) in [5, 5.41) is 4.34. The Bertz CT molecular complexity index is 590. The van der Waals surface area contributed by atoms with E-state index in [2.05, 4.69) is 10.1 Å². The van der Waals surface area contributed by atoms with E-state index in [0.717, 1.165) is 22.8 Å². The van der Waals surface area contributed by atoms with E-state index in [0.29, 0.717) is 6.54 Å². The van der Waals surface area contributed by atoms with E-state index >= 15 is 0 Å². The first-order valence-electron chi connectivity index (χ1n) is 6.12. The zero-order chi connectivity index (χ0) is 13.8. The molecule has 5 nitrogen and oxygen atoms in total. The molecule has 100 valence electrons. The van der Waals surface area contributed by atoms with Crippen LogP contribution in [-0.4, -0.2) is 27.8 Å². The summed E-state index contributed by atoms with van der Waals surface area (Å²) in [6, 6.07) is 7.80. The number of aromatic nitrogens is 3. The molecule has 0 radical (unpaired) electrons. The summed E-state index contributed by atoms with van der Waals surface area (Å²) in [5.74, 6) is 1.38. The highest BCUT2D eigenvalue weighted by atomic mass is 16.5. The monoisotopic (exact) mass is 259 g/mol. The molecule has 0 N–H and O–H groups in total. The van der Waals surface area contributed by atoms with Crippen molar-refractivity contribution in [1.29, 1.82) is 0 Å². The van der Waals surface area contributed by atoms with Gasteiger partial charge >= 0.3 is 5.97 Å². The lowest BCUT2D eigenvalue weighted by molar-refractivity contribution is -0.139. The first-order valence-corrected chi connectivity index (χ1v) is 6.12. The van der Waals surface area contributed by atoms with Crippen LogP contribution in [0.1, 0.15) is 22.8 Å². The van der Waals surface area contributed by atoms with E-state index in [1.165, 1.54) is 7.11 Å². The zero-order valence-corrected chi connectivity index (χ0v) is 11.4. The molecule has 0 saturated carbocycles. The Hall–Kier alpha value is -2.17. The fourth-order valence-electron chi connectivity index (χ4n) is 1.98. The third-order valence-electron chi connectivity index (χ3n) is 2.96. The maximum Gasteiger partial charge on any atom is 0.309 e. The largest absolute Gasteiger partial charge is 0.469 e. The van der Waals surface area contributed by atoms with Crippen molar-refractivity contribution >= 4 is 5.97 Å². The highest BCUT2D eigenvalue weighted by Crippen LogP contribution is 2.12. The van der Waals surface area contributed by atoms with E-state index in [4.69, 9.17) is 4.74 Å². The fourth-order valence-corrected chi connectivity index (χ4v) is 1.98. The Balaban J connectivity index is 2.25. The van der Waals surface area contributed by atoms with Gasteiger partial charge in [-0.2, -0.15) is 5.10 Å². The van der Waals surface area contributed by atoms with Crippen molar-refractivity contribution in [3.63, 3.8) is 0 Å². The average Bonchev–Trinajstić information content (AvgIpc) is 2.70. The summed E-state index contributed by atoms with van der Waals surface area (Å²) in [6.07, 6.45) is 0.277. The van der Waals surface area contributed by atoms with Crippen LogP contribution < -0.4 is 0 Å². The molecule has 0 aliphatic carbocycles. The van der Waals surface area contributed by atoms with Crippen LogP contribution in [0.15, 0.2) is 24.3 Å². The van der Waals surface area contributed by atoms with Gasteiger partial charge in [0.2, 0.25) is 0 Å². The maximum atomic E-state index is 11.4. The number of hydrogen-bond donors (Lipinski definition) is 0. The SMILES string of the molecule is COC(=O)Cc1ccccc1Cn1nc(C)nc1C. The van der Waals surface area contributed by atoms with Crippen molar-refractivity contribution in [3.8, 4) is 0 Å². The molecule has 0 atom stereocenters. The van der Waals surface area contributed by atoms with Gasteiger partial charge in [-0.25, -0.2) is 9.67 Å². The molecule has 0 aliphatic rings. The lowest BCUT2D eigenvalue weighted by Crippen LogP contribution is -2.10. The molecule has 1 heterocycles. The van der Waals surface area contributed by atoms with Crippen LogP contribution in [0.2, 0.25) is 0 Å². The molecular weight excluding hydrogens is 242 g/mol. The molecule has 0 spiro atoms. The predicted molar refractivity (Wildman–Crippen MR) is 70.8 cm³/mol. The van der Waals surface area contributed by atoms with Crippen LogP contribution in [0.4, 0.5) is 0 Å². The molecule has 19 heavy (non-hydrogen) atoms. The van der Waals surface area contributed by atoms with Crippen molar-refractivity contribution in [1.82, 2.24) is 14.8 Å². The number of methoxy groups -OCH3 is 1. The molecule has 0 saturated heterocycles. The Kier molecular flexibility index (Phi) is 3.94. The number of carbonyl (C=O) groups is 1. The van der Waals surface area contributed by atoms with Crippen LogP contribution in [0.25, 0.3) is 0 Å². The average molecular weight is 259 g/mol. The minimum absolute atomic E-state index is 0.237. The minimum atomic E-state index is -0.237. The molecule has 5 heteroatoms. The highest BCUT2D eigenvalue weighted by Gasteiger charge is 2.10. The van der Waals surface area contributed by atoms with Gasteiger partial charge in [0.1, 0.15) is 11.6 Å². The van der Waals surface area contributed by atoms with Gasteiger partial charge < -0.3 is 4.74 Å². The number of carbonyl (C=O) groups excluding carboxylic acids is 1. The van der Waals surface area contributed by atoms with Gasteiger partial charge in [-0.3, -0.25) is 4.79 Å². The smallest absolute Gasteiger partial charge is 0.309 e. The Labute approximate surface area is 112 Å². The van der Waals surface area contributed by atoms with Gasteiger partial charge in [0.25, 0.3) is 0 Å². The first-order chi connectivity index (χ1) is 9.10. The van der Waals surface area contributed by atoms with Crippen LogP contribution in [0.3, 0.4) is 0 Å². The van der Waals surface area contributed by atoms with E-state index in [-0.39, 0.29) is 12.4 Å². The number of esters is 1. The second-order valence-corrected chi connectivity index (χ2v) is 4.39. The van der Waals surface area contributed by atoms with Crippen molar-refractivity contribution in [2.24, 2.45) is 0 Å². The summed E-state index contributed by atoms with van der Waals surface area (Å²) in [7, 11) is 1.40. The minimum Gasteiger partial charge on any atom is -0.469 e. The van der Waals surface area contributed by atoms with Gasteiger partial charge in [-0.15, -0.1) is 0 Å². The van der Waals surface area contributed by atoms with Gasteiger partial charge in [-0.05, 0) is 25.0 Å². The summed E-state index contributed by atoms with van der Waals surface area (Å²) in [5.41, 5.74) is 2.02. The lowest BCUT2D eigenvalue weighted by atomic mass is 10.0. The molecule has 0 bridgehead atoms. The maximum absolute atomic E-state index is 11.4. The van der Waals surface area contributed by atoms with Gasteiger partial charge in [0.15, 0.2) is 0 Å². The predicted octanol–water partition coefficient (Wildman–Crippen LogP) is 1.66. The van der Waals surface area contributed by atoms with E-state index in [1.807, 2.05) is 42.8 Å². The first kappa shape index (κ1) is 13.3. The summed E-state index contributed by atoms with van der Waals surface area (Å²) < 4.78 is 6.55. The molecular formula is C14H17N3O2. The van der Waals surface area contributed by atoms with Crippen molar-refractivity contribution < 1.29 is 9.53 Å². The van der Waals surface area contributed by atoms with Crippen molar-refractivity contribution in [2.75, 3.05) is 7.11 Å². The molecule has 0 fully saturated rings. The molecule has 0 amide bonds. The zero-order valence-electron chi connectivity index (χ0n) is 11.4. The van der Waals surface area contributed by atoms with Crippen LogP contribution in [-0.2, 0) is 22.5 Å². The van der Waals surface area contributed by atoms with Crippen LogP contribution in [0, 0.1) is 13.8 Å². The van der Waals surface area contributed by atoms with Crippen molar-refractivity contribution in [2.45, 2.75) is 26.8 Å². The summed E-state index contributed by atoms with van der Waals surface area (Å²) in [6.45, 7) is 4.40. The number of aryl methyl sites for hydroxylation is 2. The van der Waals surface area contributed by atoms with Crippen LogP contribution in [0.5, 0.6) is 0 Å². The van der Waals surface area contributed by atoms with Gasteiger partial charge in [0.05, 0.1) is 20.1 Å². The van der Waals surface area contributed by atoms with Gasteiger partial charge in [-0.1, -0.05) is 24.3 Å². The van der Waals surface area contributed by atoms with Crippen molar-refractivity contribution in [3.05, 3.63) is 47.0 Å². The lowest BCUT2D eigenvalue weighted by Gasteiger charge is -2.09. The second kappa shape index (κ2) is 5.65. The van der Waals surface area contributed by atoms with E-state index in [9.17, 15) is 4.79 Å². The Morgan fingerprint density at radius 3 is 2.53 bits per heavy atom. The second-order valence-electron chi connectivity index (χ2n) is 4.39. The summed E-state index contributed by atoms with van der Waals surface area (Å²) >= 11 is 0. The normalized spacial score (nSPS) is 10.5. The fraction of sp³-hybridized carbons (Fsp3) is 0.357. The number of nitrogens with zero attached hydrogens (tertiary/aromatic N) is 3. The Morgan fingerprint density at radius 1 is 1.26 bits per heavy atom. The van der Waals surface area contributed by atoms with Crippen LogP contribution >= 0.6 is 0 Å². The quantitative estimate of drug-likeness (QED) is 0.783. The number of hydrogen-bond acceptors (Lipinski definition) is 4. The topological polar surface area (TPSA) is 57.0 Å². The molecule has 0 unspecified atom stereocenters. The van der Waals surface area contributed by atoms with E-state index in [1.54, 1.807) is 0 Å². The molecule has 2 rings (SSSR count). The highest BCUT2D eigenvalue weighted by molar-refractivity contribution is 5.72. The third kappa shape index (κ3) is 3.19. The molecule has 2 aromatic rings. The number of rotatable bonds is 4. The van der Waals surface area contributed by atoms with Gasteiger partial charge in [0, 0.05) is 0 Å². The number of ether oxygens (including phenoxy) is 1. The molecule has 1 aromatic heterocycles. The standard InChI is InChI=1S/C14H17N3O2/c1-10-15-11(2)17(16-10)9-13-7-5-4-6-12(13)8-14(18)19-3/h4-7H,8-9H2,1-3H3. The number of benzene rings is 1. The summed E-state index contributed by atoms with van der Waals surface area (Å²) in [4.78, 5) is 15.7. The third-order valence-corrected chi connectivity index (χ3v) is 2.96. The Morgan fingerprint density at radius 2 is 1.95 bits per heavy atom. The molecule has 0 aliphatic heterocycles.